The molecule has 0 saturated carbocycles. The first-order valence-corrected chi connectivity index (χ1v) is 3.78. The number of hydrazine groups is 1. The van der Waals surface area contributed by atoms with Gasteiger partial charge in [-0.15, -0.1) is 0 Å². The van der Waals surface area contributed by atoms with Gasteiger partial charge < -0.3 is 5.73 Å². The SMILES string of the molecule is NNc1nc(N)nc(-n2cccn2)n1. The smallest absolute Gasteiger partial charge is 0.257 e. The third-order valence-corrected chi connectivity index (χ3v) is 1.48. The molecule has 2 aromatic rings. The van der Waals surface area contributed by atoms with Crippen molar-refractivity contribution in [2.75, 3.05) is 11.2 Å². The Kier molecular flexibility index (Phi) is 1.95. The Morgan fingerprint density at radius 3 is 2.79 bits per heavy atom. The van der Waals surface area contributed by atoms with Gasteiger partial charge in [0, 0.05) is 12.4 Å². The van der Waals surface area contributed by atoms with Crippen molar-refractivity contribution in [2.45, 2.75) is 0 Å². The van der Waals surface area contributed by atoms with Crippen molar-refractivity contribution in [2.24, 2.45) is 5.84 Å². The van der Waals surface area contributed by atoms with E-state index in [0.29, 0.717) is 5.95 Å². The first-order chi connectivity index (χ1) is 6.79. The second-order valence-electron chi connectivity index (χ2n) is 2.41. The molecule has 0 aliphatic rings. The average Bonchev–Trinajstić information content (AvgIpc) is 2.69. The lowest BCUT2D eigenvalue weighted by Crippen LogP contribution is -2.15. The van der Waals surface area contributed by atoms with Crippen molar-refractivity contribution >= 4 is 11.9 Å². The van der Waals surface area contributed by atoms with E-state index in [2.05, 4.69) is 25.5 Å². The summed E-state index contributed by atoms with van der Waals surface area (Å²) in [5.74, 6) is 5.75. The second-order valence-corrected chi connectivity index (χ2v) is 2.41. The lowest BCUT2D eigenvalue weighted by atomic mass is 10.7. The summed E-state index contributed by atoms with van der Waals surface area (Å²) in [4.78, 5) is 11.6. The largest absolute Gasteiger partial charge is 0.368 e. The Morgan fingerprint density at radius 1 is 1.29 bits per heavy atom. The van der Waals surface area contributed by atoms with Crippen molar-refractivity contribution in [1.29, 1.82) is 0 Å². The van der Waals surface area contributed by atoms with Crippen LogP contribution in [-0.4, -0.2) is 24.7 Å². The Morgan fingerprint density at radius 2 is 2.14 bits per heavy atom. The van der Waals surface area contributed by atoms with Gasteiger partial charge in [0.1, 0.15) is 0 Å². The van der Waals surface area contributed by atoms with Gasteiger partial charge in [0.25, 0.3) is 5.95 Å². The van der Waals surface area contributed by atoms with Crippen LogP contribution in [0.2, 0.25) is 0 Å². The molecule has 5 N–H and O–H groups in total. The molecule has 72 valence electrons. The van der Waals surface area contributed by atoms with Crippen molar-refractivity contribution in [3.63, 3.8) is 0 Å². The van der Waals surface area contributed by atoms with Gasteiger partial charge >= 0.3 is 0 Å². The van der Waals surface area contributed by atoms with E-state index in [1.165, 1.54) is 4.68 Å². The van der Waals surface area contributed by atoms with Crippen LogP contribution < -0.4 is 17.0 Å². The molecule has 0 bridgehead atoms. The number of nitrogens with one attached hydrogen (secondary N) is 1. The standard InChI is InChI=1S/C6H8N8/c7-4-10-5(13-8)12-6(11-4)14-3-1-2-9-14/h1-3H,8H2,(H3,7,10,11,12,13). The molecular weight excluding hydrogens is 184 g/mol. The van der Waals surface area contributed by atoms with Crippen LogP contribution in [-0.2, 0) is 0 Å². The first-order valence-electron chi connectivity index (χ1n) is 3.78. The zero-order chi connectivity index (χ0) is 9.97. The highest BCUT2D eigenvalue weighted by molar-refractivity contribution is 5.33. The van der Waals surface area contributed by atoms with Gasteiger partial charge in [0.15, 0.2) is 0 Å². The van der Waals surface area contributed by atoms with E-state index in [-0.39, 0.29) is 11.9 Å². The molecule has 2 aromatic heterocycles. The molecule has 2 rings (SSSR count). The fourth-order valence-corrected chi connectivity index (χ4v) is 0.935. The van der Waals surface area contributed by atoms with Gasteiger partial charge in [-0.05, 0) is 6.07 Å². The maximum Gasteiger partial charge on any atom is 0.257 e. The van der Waals surface area contributed by atoms with Crippen LogP contribution in [0.15, 0.2) is 18.5 Å². The Labute approximate surface area is 79.0 Å². The molecule has 2 heterocycles. The third-order valence-electron chi connectivity index (χ3n) is 1.48. The summed E-state index contributed by atoms with van der Waals surface area (Å²) >= 11 is 0. The number of hydrogen-bond donors (Lipinski definition) is 3. The molecule has 0 amide bonds. The minimum atomic E-state index is 0.0819. The Bertz CT molecular complexity index is 421. The lowest BCUT2D eigenvalue weighted by Gasteiger charge is -2.02. The summed E-state index contributed by atoms with van der Waals surface area (Å²) in [5.41, 5.74) is 7.73. The molecule has 0 aromatic carbocycles. The maximum atomic E-state index is 5.44. The lowest BCUT2D eigenvalue weighted by molar-refractivity contribution is 0.800. The highest BCUT2D eigenvalue weighted by Gasteiger charge is 2.04. The molecule has 0 atom stereocenters. The van der Waals surface area contributed by atoms with E-state index in [1.54, 1.807) is 18.5 Å². The molecule has 0 radical (unpaired) electrons. The molecule has 8 nitrogen and oxygen atoms in total. The minimum Gasteiger partial charge on any atom is -0.368 e. The molecule has 0 spiro atoms. The second kappa shape index (κ2) is 3.26. The molecule has 0 aliphatic carbocycles. The van der Waals surface area contributed by atoms with Crippen molar-refractivity contribution in [3.8, 4) is 5.95 Å². The predicted molar refractivity (Wildman–Crippen MR) is 49.2 cm³/mol. The highest BCUT2D eigenvalue weighted by Crippen LogP contribution is 2.04. The van der Waals surface area contributed by atoms with E-state index in [9.17, 15) is 0 Å². The molecule has 0 fully saturated rings. The molecule has 8 heteroatoms. The van der Waals surface area contributed by atoms with Gasteiger partial charge in [0.05, 0.1) is 0 Å². The minimum absolute atomic E-state index is 0.0819. The number of rotatable bonds is 2. The number of hydrogen-bond acceptors (Lipinski definition) is 7. The van der Waals surface area contributed by atoms with Crippen LogP contribution in [0, 0.1) is 0 Å². The number of aromatic nitrogens is 5. The van der Waals surface area contributed by atoms with Crippen LogP contribution in [0.3, 0.4) is 0 Å². The highest BCUT2D eigenvalue weighted by atomic mass is 15.4. The average molecular weight is 192 g/mol. The zero-order valence-electron chi connectivity index (χ0n) is 7.12. The van der Waals surface area contributed by atoms with Crippen molar-refractivity contribution < 1.29 is 0 Å². The number of anilines is 2. The van der Waals surface area contributed by atoms with Crippen molar-refractivity contribution in [3.05, 3.63) is 18.5 Å². The first kappa shape index (κ1) is 8.38. The van der Waals surface area contributed by atoms with Crippen molar-refractivity contribution in [1.82, 2.24) is 24.7 Å². The van der Waals surface area contributed by atoms with Crippen LogP contribution in [0.1, 0.15) is 0 Å². The van der Waals surface area contributed by atoms with E-state index in [1.807, 2.05) is 0 Å². The Hall–Kier alpha value is -2.22. The summed E-state index contributed by atoms with van der Waals surface area (Å²) in [6.45, 7) is 0. The summed E-state index contributed by atoms with van der Waals surface area (Å²) in [6, 6.07) is 1.75. The van der Waals surface area contributed by atoms with Crippen LogP contribution >= 0.6 is 0 Å². The van der Waals surface area contributed by atoms with E-state index < -0.39 is 0 Å². The number of nitrogen functional groups attached to an aromatic ring is 2. The predicted octanol–water partition coefficient (Wildman–Crippen LogP) is -1.07. The van der Waals surface area contributed by atoms with Gasteiger partial charge in [-0.3, -0.25) is 5.43 Å². The quantitative estimate of drug-likeness (QED) is 0.409. The molecular formula is C6H8N8. The van der Waals surface area contributed by atoms with Gasteiger partial charge in [-0.2, -0.15) is 20.1 Å². The van der Waals surface area contributed by atoms with E-state index >= 15 is 0 Å². The van der Waals surface area contributed by atoms with Crippen LogP contribution in [0.4, 0.5) is 11.9 Å². The van der Waals surface area contributed by atoms with Gasteiger partial charge in [-0.25, -0.2) is 10.5 Å². The Balaban J connectivity index is 2.48. The summed E-state index contributed by atoms with van der Waals surface area (Å²) < 4.78 is 1.46. The van der Waals surface area contributed by atoms with E-state index in [4.69, 9.17) is 11.6 Å². The van der Waals surface area contributed by atoms with Crippen LogP contribution in [0.25, 0.3) is 5.95 Å². The topological polar surface area (TPSA) is 121 Å². The number of nitrogens with zero attached hydrogens (tertiary/aromatic N) is 5. The zero-order valence-corrected chi connectivity index (χ0v) is 7.12. The monoisotopic (exact) mass is 192 g/mol. The summed E-state index contributed by atoms with van der Waals surface area (Å²) in [6.07, 6.45) is 3.30. The van der Waals surface area contributed by atoms with Crippen LogP contribution in [0.5, 0.6) is 0 Å². The number of nitrogens with two attached hydrogens (primary N) is 2. The molecule has 0 unspecified atom stereocenters. The van der Waals surface area contributed by atoms with Gasteiger partial charge in [-0.1, -0.05) is 0 Å². The molecule has 14 heavy (non-hydrogen) atoms. The third kappa shape index (κ3) is 1.45. The summed E-state index contributed by atoms with van der Waals surface area (Å²) in [7, 11) is 0. The maximum absolute atomic E-state index is 5.44. The van der Waals surface area contributed by atoms with Gasteiger partial charge in [0.2, 0.25) is 11.9 Å². The molecule has 0 aliphatic heterocycles. The fraction of sp³-hybridized carbons (Fsp3) is 0. The normalized spacial score (nSPS) is 10.1. The molecule has 0 saturated heterocycles. The van der Waals surface area contributed by atoms with E-state index in [0.717, 1.165) is 0 Å². The fourth-order valence-electron chi connectivity index (χ4n) is 0.935. The summed E-state index contributed by atoms with van der Waals surface area (Å²) in [5, 5.41) is 3.94.